The Labute approximate surface area is 147 Å². The number of thiazole rings is 1. The number of piperazine rings is 1. The zero-order valence-corrected chi connectivity index (χ0v) is 15.1. The molecule has 0 spiro atoms. The predicted octanol–water partition coefficient (Wildman–Crippen LogP) is 2.17. The highest BCUT2D eigenvalue weighted by atomic mass is 32.1. The van der Waals surface area contributed by atoms with Crippen LogP contribution in [-0.2, 0) is 0 Å². The van der Waals surface area contributed by atoms with Gasteiger partial charge in [0.25, 0.3) is 5.91 Å². The maximum Gasteiger partial charge on any atom is 0.263 e. The van der Waals surface area contributed by atoms with E-state index < -0.39 is 0 Å². The zero-order chi connectivity index (χ0) is 16.9. The van der Waals surface area contributed by atoms with Crippen molar-refractivity contribution in [2.24, 2.45) is 0 Å². The highest BCUT2D eigenvalue weighted by Crippen LogP contribution is 2.24. The molecule has 1 N–H and O–H groups in total. The van der Waals surface area contributed by atoms with Gasteiger partial charge in [0.05, 0.1) is 11.2 Å². The molecule has 6 heteroatoms. The Kier molecular flexibility index (Phi) is 5.60. The summed E-state index contributed by atoms with van der Waals surface area (Å²) in [6.07, 6.45) is 1.65. The van der Waals surface area contributed by atoms with E-state index in [4.69, 9.17) is 0 Å². The second-order valence-electron chi connectivity index (χ2n) is 6.22. The van der Waals surface area contributed by atoms with Gasteiger partial charge in [-0.1, -0.05) is 30.3 Å². The fraction of sp³-hybridized carbons (Fsp3) is 0.444. The van der Waals surface area contributed by atoms with Crippen molar-refractivity contribution in [1.82, 2.24) is 20.1 Å². The summed E-state index contributed by atoms with van der Waals surface area (Å²) in [5.74, 6) is -0.0222. The van der Waals surface area contributed by atoms with E-state index in [0.717, 1.165) is 31.2 Å². The Morgan fingerprint density at radius 1 is 1.33 bits per heavy atom. The Morgan fingerprint density at radius 3 is 2.83 bits per heavy atom. The van der Waals surface area contributed by atoms with Crippen LogP contribution >= 0.6 is 11.3 Å². The molecule has 1 aromatic carbocycles. The van der Waals surface area contributed by atoms with Crippen LogP contribution in [0, 0.1) is 6.92 Å². The molecular formula is C18H24N4OS. The number of aromatic nitrogens is 1. The third-order valence-electron chi connectivity index (χ3n) is 4.41. The number of amides is 1. The van der Waals surface area contributed by atoms with Gasteiger partial charge in [-0.05, 0) is 19.5 Å². The molecule has 5 nitrogen and oxygen atoms in total. The van der Waals surface area contributed by atoms with Crippen LogP contribution < -0.4 is 5.32 Å². The van der Waals surface area contributed by atoms with Gasteiger partial charge in [-0.15, -0.1) is 11.3 Å². The molecule has 1 aliphatic heterocycles. The van der Waals surface area contributed by atoms with Crippen LogP contribution in [0.5, 0.6) is 0 Å². The van der Waals surface area contributed by atoms with Crippen LogP contribution in [0.25, 0.3) is 0 Å². The Bertz CT molecular complexity index is 673. The molecule has 128 valence electrons. The minimum absolute atomic E-state index is 0.0222. The van der Waals surface area contributed by atoms with E-state index in [1.54, 1.807) is 6.20 Å². The smallest absolute Gasteiger partial charge is 0.263 e. The summed E-state index contributed by atoms with van der Waals surface area (Å²) < 4.78 is 0. The zero-order valence-electron chi connectivity index (χ0n) is 14.2. The highest BCUT2D eigenvalue weighted by molar-refractivity contribution is 7.13. The number of nitrogens with one attached hydrogen (secondary N) is 1. The van der Waals surface area contributed by atoms with Crippen LogP contribution in [0.2, 0.25) is 0 Å². The average molecular weight is 344 g/mol. The summed E-state index contributed by atoms with van der Waals surface area (Å²) in [6, 6.07) is 11.0. The van der Waals surface area contributed by atoms with Crippen LogP contribution in [0.3, 0.4) is 0 Å². The SMILES string of the molecule is Cc1ncc(C(=O)NCCN2CCN(C)CC2c2ccccc2)s1. The third kappa shape index (κ3) is 4.20. The monoisotopic (exact) mass is 344 g/mol. The second-order valence-corrected chi connectivity index (χ2v) is 7.46. The number of carbonyl (C=O) groups excluding carboxylic acids is 1. The largest absolute Gasteiger partial charge is 0.350 e. The average Bonchev–Trinajstić information content (AvgIpc) is 3.03. The molecule has 0 radical (unpaired) electrons. The van der Waals surface area contributed by atoms with Gasteiger partial charge in [0.2, 0.25) is 0 Å². The molecule has 24 heavy (non-hydrogen) atoms. The van der Waals surface area contributed by atoms with Crippen molar-refractivity contribution in [3.63, 3.8) is 0 Å². The lowest BCUT2D eigenvalue weighted by Crippen LogP contribution is -2.48. The van der Waals surface area contributed by atoms with E-state index in [9.17, 15) is 4.79 Å². The Hall–Kier alpha value is -1.76. The van der Waals surface area contributed by atoms with E-state index in [1.807, 2.05) is 6.92 Å². The lowest BCUT2D eigenvalue weighted by atomic mass is 10.0. The fourth-order valence-electron chi connectivity index (χ4n) is 3.08. The molecule has 0 bridgehead atoms. The number of benzene rings is 1. The van der Waals surface area contributed by atoms with Gasteiger partial charge in [0, 0.05) is 38.8 Å². The van der Waals surface area contributed by atoms with Crippen molar-refractivity contribution in [2.75, 3.05) is 39.8 Å². The van der Waals surface area contributed by atoms with Crippen LogP contribution in [0.15, 0.2) is 36.5 Å². The van der Waals surface area contributed by atoms with Crippen LogP contribution in [0.4, 0.5) is 0 Å². The lowest BCUT2D eigenvalue weighted by molar-refractivity contribution is 0.0845. The van der Waals surface area contributed by atoms with Gasteiger partial charge in [-0.25, -0.2) is 4.98 Å². The van der Waals surface area contributed by atoms with Crippen molar-refractivity contribution in [1.29, 1.82) is 0 Å². The molecule has 1 saturated heterocycles. The maximum atomic E-state index is 12.1. The van der Waals surface area contributed by atoms with Gasteiger partial charge < -0.3 is 10.2 Å². The van der Waals surface area contributed by atoms with Crippen molar-refractivity contribution >= 4 is 17.2 Å². The van der Waals surface area contributed by atoms with E-state index in [1.165, 1.54) is 16.9 Å². The first-order valence-corrected chi connectivity index (χ1v) is 9.13. The van der Waals surface area contributed by atoms with Crippen LogP contribution in [0.1, 0.15) is 26.3 Å². The molecule has 1 aliphatic rings. The minimum atomic E-state index is -0.0222. The normalized spacial score (nSPS) is 19.3. The number of likely N-dealkylation sites (N-methyl/N-ethyl adjacent to an activating group) is 1. The predicted molar refractivity (Wildman–Crippen MR) is 97.4 cm³/mol. The number of hydrogen-bond acceptors (Lipinski definition) is 5. The first kappa shape index (κ1) is 17.1. The van der Waals surface area contributed by atoms with Gasteiger partial charge in [-0.3, -0.25) is 9.69 Å². The molecule has 1 amide bonds. The van der Waals surface area contributed by atoms with E-state index in [2.05, 4.69) is 57.5 Å². The summed E-state index contributed by atoms with van der Waals surface area (Å²) in [7, 11) is 2.17. The van der Waals surface area contributed by atoms with Crippen molar-refractivity contribution in [3.8, 4) is 0 Å². The maximum absolute atomic E-state index is 12.1. The number of hydrogen-bond donors (Lipinski definition) is 1. The summed E-state index contributed by atoms with van der Waals surface area (Å²) in [5.41, 5.74) is 1.34. The number of nitrogens with zero attached hydrogens (tertiary/aromatic N) is 3. The van der Waals surface area contributed by atoms with E-state index in [0.29, 0.717) is 17.5 Å². The summed E-state index contributed by atoms with van der Waals surface area (Å²) in [5, 5.41) is 3.94. The standard InChI is InChI=1S/C18H24N4OS/c1-14-20-12-17(24-14)18(23)19-8-9-22-11-10-21(2)13-16(22)15-6-4-3-5-7-15/h3-7,12,16H,8-11,13H2,1-2H3,(H,19,23). The molecule has 1 aromatic heterocycles. The molecule has 0 saturated carbocycles. The highest BCUT2D eigenvalue weighted by Gasteiger charge is 2.26. The lowest BCUT2D eigenvalue weighted by Gasteiger charge is -2.40. The molecule has 1 fully saturated rings. The van der Waals surface area contributed by atoms with Crippen molar-refractivity contribution in [3.05, 3.63) is 52.0 Å². The van der Waals surface area contributed by atoms with Gasteiger partial charge in [0.1, 0.15) is 4.88 Å². The quantitative estimate of drug-likeness (QED) is 0.903. The Balaban J connectivity index is 1.57. The van der Waals surface area contributed by atoms with Crippen LogP contribution in [-0.4, -0.2) is 60.5 Å². The molecule has 2 aromatic rings. The van der Waals surface area contributed by atoms with Crippen molar-refractivity contribution in [2.45, 2.75) is 13.0 Å². The summed E-state index contributed by atoms with van der Waals surface area (Å²) in [4.78, 5) is 21.8. The summed E-state index contributed by atoms with van der Waals surface area (Å²) in [6.45, 7) is 6.53. The molecular weight excluding hydrogens is 320 g/mol. The fourth-order valence-corrected chi connectivity index (χ4v) is 3.78. The van der Waals surface area contributed by atoms with E-state index >= 15 is 0 Å². The van der Waals surface area contributed by atoms with Gasteiger partial charge in [0.15, 0.2) is 0 Å². The minimum Gasteiger partial charge on any atom is -0.350 e. The topological polar surface area (TPSA) is 48.5 Å². The van der Waals surface area contributed by atoms with Gasteiger partial charge >= 0.3 is 0 Å². The molecule has 0 aliphatic carbocycles. The van der Waals surface area contributed by atoms with E-state index in [-0.39, 0.29) is 5.91 Å². The molecule has 1 unspecified atom stereocenters. The van der Waals surface area contributed by atoms with Gasteiger partial charge in [-0.2, -0.15) is 0 Å². The molecule has 3 rings (SSSR count). The molecule has 1 atom stereocenters. The Morgan fingerprint density at radius 2 is 2.12 bits per heavy atom. The third-order valence-corrected chi connectivity index (χ3v) is 5.32. The first-order chi connectivity index (χ1) is 11.6. The first-order valence-electron chi connectivity index (χ1n) is 8.31. The number of rotatable bonds is 5. The number of carbonyl (C=O) groups is 1. The number of aryl methyl sites for hydroxylation is 1. The second kappa shape index (κ2) is 7.88. The van der Waals surface area contributed by atoms with Crippen molar-refractivity contribution < 1.29 is 4.79 Å². The summed E-state index contributed by atoms with van der Waals surface area (Å²) >= 11 is 1.44. The molecule has 2 heterocycles.